The maximum atomic E-state index is 11.4. The van der Waals surface area contributed by atoms with Gasteiger partial charge in [-0.15, -0.1) is 0 Å². The second kappa shape index (κ2) is 5.09. The molecular weight excluding hydrogens is 308 g/mol. The molecule has 0 aliphatic rings. The summed E-state index contributed by atoms with van der Waals surface area (Å²) in [4.78, 5) is 11.4. The highest BCUT2D eigenvalue weighted by molar-refractivity contribution is 9.10. The Morgan fingerprint density at radius 1 is 1.37 bits per heavy atom. The molecule has 0 spiro atoms. The van der Waals surface area contributed by atoms with Crippen molar-refractivity contribution in [3.05, 3.63) is 40.0 Å². The number of amides is 1. The Kier molecular flexibility index (Phi) is 3.66. The third kappa shape index (κ3) is 2.38. The van der Waals surface area contributed by atoms with Crippen LogP contribution >= 0.6 is 15.9 Å². The van der Waals surface area contributed by atoms with Crippen LogP contribution in [-0.2, 0) is 7.05 Å². The number of methoxy groups -OCH3 is 1. The van der Waals surface area contributed by atoms with Crippen molar-refractivity contribution < 1.29 is 9.53 Å². The first-order chi connectivity index (χ1) is 8.95. The van der Waals surface area contributed by atoms with Crippen LogP contribution in [0.2, 0.25) is 0 Å². The van der Waals surface area contributed by atoms with Crippen molar-refractivity contribution >= 4 is 21.8 Å². The largest absolute Gasteiger partial charge is 0.496 e. The summed E-state index contributed by atoms with van der Waals surface area (Å²) in [6.45, 7) is 1.88. The molecule has 19 heavy (non-hydrogen) atoms. The zero-order chi connectivity index (χ0) is 14.2. The van der Waals surface area contributed by atoms with Crippen LogP contribution in [0.1, 0.15) is 16.1 Å². The van der Waals surface area contributed by atoms with Crippen LogP contribution in [0.25, 0.3) is 11.3 Å². The number of carbonyl (C=O) groups excluding carboxylic acids is 1. The van der Waals surface area contributed by atoms with E-state index in [9.17, 15) is 4.79 Å². The molecule has 0 fully saturated rings. The van der Waals surface area contributed by atoms with Crippen molar-refractivity contribution in [1.29, 1.82) is 0 Å². The minimum Gasteiger partial charge on any atom is -0.496 e. The van der Waals surface area contributed by atoms with Gasteiger partial charge >= 0.3 is 0 Å². The van der Waals surface area contributed by atoms with Gasteiger partial charge in [0.2, 0.25) is 0 Å². The van der Waals surface area contributed by atoms with Crippen molar-refractivity contribution in [2.75, 3.05) is 7.11 Å². The van der Waals surface area contributed by atoms with Gasteiger partial charge in [-0.25, -0.2) is 0 Å². The Hall–Kier alpha value is -1.75. The summed E-state index contributed by atoms with van der Waals surface area (Å²) in [5.41, 5.74) is 8.70. The second-order valence-corrected chi connectivity index (χ2v) is 5.16. The monoisotopic (exact) mass is 322 g/mol. The zero-order valence-corrected chi connectivity index (χ0v) is 12.6. The number of primary amides is 1. The van der Waals surface area contributed by atoms with Crippen LogP contribution in [0.4, 0.5) is 0 Å². The summed E-state index contributed by atoms with van der Waals surface area (Å²) in [5.74, 6) is 0.358. The molecule has 0 radical (unpaired) electrons. The summed E-state index contributed by atoms with van der Waals surface area (Å²) in [6.07, 6.45) is 0. The van der Waals surface area contributed by atoms with Gasteiger partial charge < -0.3 is 15.0 Å². The van der Waals surface area contributed by atoms with E-state index in [1.165, 1.54) is 0 Å². The SMILES string of the molecule is COc1ccc(-c2cc(C(N)=O)c(C)n2C)cc1Br. The number of nitrogens with zero attached hydrogens (tertiary/aromatic N) is 1. The number of ether oxygens (including phenoxy) is 1. The average molecular weight is 323 g/mol. The zero-order valence-electron chi connectivity index (χ0n) is 11.0. The molecule has 2 N–H and O–H groups in total. The molecule has 0 saturated heterocycles. The summed E-state index contributed by atoms with van der Waals surface area (Å²) in [6, 6.07) is 7.60. The molecule has 0 aliphatic carbocycles. The third-order valence-corrected chi connectivity index (χ3v) is 3.87. The quantitative estimate of drug-likeness (QED) is 0.944. The van der Waals surface area contributed by atoms with Gasteiger partial charge in [0.05, 0.1) is 17.1 Å². The number of halogens is 1. The van der Waals surface area contributed by atoms with Gasteiger partial charge in [0.25, 0.3) is 5.91 Å². The van der Waals surface area contributed by atoms with Gasteiger partial charge in [-0.1, -0.05) is 0 Å². The first-order valence-electron chi connectivity index (χ1n) is 5.75. The summed E-state index contributed by atoms with van der Waals surface area (Å²) in [7, 11) is 3.53. The molecule has 2 aromatic rings. The van der Waals surface area contributed by atoms with Gasteiger partial charge in [-0.3, -0.25) is 4.79 Å². The van der Waals surface area contributed by atoms with Gasteiger partial charge in [-0.05, 0) is 52.7 Å². The van der Waals surface area contributed by atoms with Crippen LogP contribution in [0.5, 0.6) is 5.75 Å². The molecule has 1 amide bonds. The molecule has 0 aliphatic heterocycles. The highest BCUT2D eigenvalue weighted by Crippen LogP contribution is 2.32. The van der Waals surface area contributed by atoms with Crippen molar-refractivity contribution in [2.24, 2.45) is 12.8 Å². The Morgan fingerprint density at radius 3 is 2.53 bits per heavy atom. The lowest BCUT2D eigenvalue weighted by Gasteiger charge is -2.08. The number of hydrogen-bond acceptors (Lipinski definition) is 2. The normalized spacial score (nSPS) is 10.5. The Balaban J connectivity index is 2.56. The average Bonchev–Trinajstić information content (AvgIpc) is 2.66. The lowest BCUT2D eigenvalue weighted by Crippen LogP contribution is -2.11. The molecule has 2 rings (SSSR count). The Bertz CT molecular complexity index is 647. The second-order valence-electron chi connectivity index (χ2n) is 4.30. The highest BCUT2D eigenvalue weighted by atomic mass is 79.9. The predicted molar refractivity (Wildman–Crippen MR) is 78.4 cm³/mol. The highest BCUT2D eigenvalue weighted by Gasteiger charge is 2.15. The van der Waals surface area contributed by atoms with Crippen molar-refractivity contribution in [3.8, 4) is 17.0 Å². The van der Waals surface area contributed by atoms with E-state index in [4.69, 9.17) is 10.5 Å². The smallest absolute Gasteiger partial charge is 0.250 e. The minimum atomic E-state index is -0.410. The van der Waals surface area contributed by atoms with E-state index in [1.807, 2.05) is 42.8 Å². The molecule has 0 bridgehead atoms. The van der Waals surface area contributed by atoms with Crippen LogP contribution in [0, 0.1) is 6.92 Å². The number of hydrogen-bond donors (Lipinski definition) is 1. The fraction of sp³-hybridized carbons (Fsp3) is 0.214. The molecule has 4 nitrogen and oxygen atoms in total. The molecule has 0 saturated carbocycles. The first-order valence-corrected chi connectivity index (χ1v) is 6.55. The predicted octanol–water partition coefficient (Wildman–Crippen LogP) is 2.87. The number of benzene rings is 1. The maximum Gasteiger partial charge on any atom is 0.250 e. The summed E-state index contributed by atoms with van der Waals surface area (Å²) < 4.78 is 8.03. The molecular formula is C14H15BrN2O2. The fourth-order valence-electron chi connectivity index (χ4n) is 2.05. The molecule has 5 heteroatoms. The number of nitrogens with two attached hydrogens (primary N) is 1. The Morgan fingerprint density at radius 2 is 2.05 bits per heavy atom. The number of rotatable bonds is 3. The lowest BCUT2D eigenvalue weighted by atomic mass is 10.1. The fourth-order valence-corrected chi connectivity index (χ4v) is 2.59. The third-order valence-electron chi connectivity index (χ3n) is 3.25. The van der Waals surface area contributed by atoms with E-state index >= 15 is 0 Å². The van der Waals surface area contributed by atoms with E-state index in [0.29, 0.717) is 5.56 Å². The van der Waals surface area contributed by atoms with Gasteiger partial charge in [0.15, 0.2) is 0 Å². The minimum absolute atomic E-state index is 0.410. The van der Waals surface area contributed by atoms with E-state index in [-0.39, 0.29) is 0 Å². The molecule has 100 valence electrons. The molecule has 1 aromatic carbocycles. The molecule has 1 aromatic heterocycles. The van der Waals surface area contributed by atoms with E-state index in [1.54, 1.807) is 7.11 Å². The van der Waals surface area contributed by atoms with E-state index < -0.39 is 5.91 Å². The van der Waals surface area contributed by atoms with Crippen molar-refractivity contribution in [3.63, 3.8) is 0 Å². The van der Waals surface area contributed by atoms with Gasteiger partial charge in [-0.2, -0.15) is 0 Å². The number of carbonyl (C=O) groups is 1. The van der Waals surface area contributed by atoms with Crippen LogP contribution in [0.3, 0.4) is 0 Å². The lowest BCUT2D eigenvalue weighted by molar-refractivity contribution is 0.0999. The maximum absolute atomic E-state index is 11.4. The van der Waals surface area contributed by atoms with Crippen LogP contribution < -0.4 is 10.5 Å². The van der Waals surface area contributed by atoms with Crippen LogP contribution in [-0.4, -0.2) is 17.6 Å². The van der Waals surface area contributed by atoms with E-state index in [0.717, 1.165) is 27.2 Å². The first kappa shape index (κ1) is 13.7. The van der Waals surface area contributed by atoms with Crippen molar-refractivity contribution in [2.45, 2.75) is 6.92 Å². The summed E-state index contributed by atoms with van der Waals surface area (Å²) >= 11 is 3.46. The van der Waals surface area contributed by atoms with Crippen LogP contribution in [0.15, 0.2) is 28.7 Å². The summed E-state index contributed by atoms with van der Waals surface area (Å²) in [5, 5.41) is 0. The van der Waals surface area contributed by atoms with Gasteiger partial charge in [0, 0.05) is 18.4 Å². The topological polar surface area (TPSA) is 57.2 Å². The number of aromatic nitrogens is 1. The molecule has 0 atom stereocenters. The van der Waals surface area contributed by atoms with Gasteiger partial charge in [0.1, 0.15) is 5.75 Å². The Labute approximate surface area is 120 Å². The molecule has 1 heterocycles. The standard InChI is InChI=1S/C14H15BrN2O2/c1-8-10(14(16)18)7-12(17(8)2)9-4-5-13(19-3)11(15)6-9/h4-7H,1-3H3,(H2,16,18). The van der Waals surface area contributed by atoms with Crippen molar-refractivity contribution in [1.82, 2.24) is 4.57 Å². The molecule has 0 unspecified atom stereocenters. The van der Waals surface area contributed by atoms with E-state index in [2.05, 4.69) is 15.9 Å².